The minimum atomic E-state index is -0.194. The Morgan fingerprint density at radius 2 is 1.72 bits per heavy atom. The van der Waals surface area contributed by atoms with Crippen LogP contribution in [-0.4, -0.2) is 12.5 Å². The lowest BCUT2D eigenvalue weighted by atomic mass is 10.1. The highest BCUT2D eigenvalue weighted by atomic mass is 79.9. The number of carbonyl (C=O) groups excluding carboxylic acids is 1. The molecule has 1 heterocycles. The molecule has 4 nitrogen and oxygen atoms in total. The molecule has 0 aliphatic carbocycles. The van der Waals surface area contributed by atoms with E-state index in [2.05, 4.69) is 21.2 Å². The monoisotopic (exact) mass is 399 g/mol. The van der Waals surface area contributed by atoms with Crippen molar-refractivity contribution >= 4 is 21.8 Å². The molecular weight excluding hydrogens is 382 g/mol. The van der Waals surface area contributed by atoms with Gasteiger partial charge in [0.2, 0.25) is 0 Å². The van der Waals surface area contributed by atoms with Crippen LogP contribution in [0, 0.1) is 0 Å². The van der Waals surface area contributed by atoms with E-state index in [0.717, 1.165) is 15.6 Å². The largest absolute Gasteiger partial charge is 0.484 e. The molecule has 0 saturated heterocycles. The van der Waals surface area contributed by atoms with Gasteiger partial charge in [0.25, 0.3) is 5.91 Å². The average Bonchev–Trinajstić information content (AvgIpc) is 3.16. The number of benzene rings is 2. The first-order valence-electron chi connectivity index (χ1n) is 7.93. The van der Waals surface area contributed by atoms with Crippen molar-refractivity contribution in [3.05, 3.63) is 77.2 Å². The van der Waals surface area contributed by atoms with Gasteiger partial charge in [0.1, 0.15) is 11.5 Å². The topological polar surface area (TPSA) is 51.5 Å². The van der Waals surface area contributed by atoms with E-state index in [4.69, 9.17) is 9.15 Å². The van der Waals surface area contributed by atoms with Gasteiger partial charge in [0.05, 0.1) is 12.3 Å². The Hall–Kier alpha value is -2.53. The maximum absolute atomic E-state index is 12.0. The molecule has 0 fully saturated rings. The van der Waals surface area contributed by atoms with Crippen LogP contribution in [0.4, 0.5) is 0 Å². The van der Waals surface area contributed by atoms with Crippen LogP contribution < -0.4 is 10.1 Å². The van der Waals surface area contributed by atoms with Crippen LogP contribution in [0.3, 0.4) is 0 Å². The predicted molar refractivity (Wildman–Crippen MR) is 100 cm³/mol. The van der Waals surface area contributed by atoms with Crippen LogP contribution in [0.25, 0.3) is 11.1 Å². The summed E-state index contributed by atoms with van der Waals surface area (Å²) in [5, 5.41) is 2.83. The molecule has 0 radical (unpaired) electrons. The zero-order valence-electron chi connectivity index (χ0n) is 13.7. The zero-order valence-corrected chi connectivity index (χ0v) is 15.3. The lowest BCUT2D eigenvalue weighted by Crippen LogP contribution is -2.31. The van der Waals surface area contributed by atoms with Gasteiger partial charge in [0, 0.05) is 4.47 Å². The van der Waals surface area contributed by atoms with Crippen molar-refractivity contribution < 1.29 is 13.9 Å². The van der Waals surface area contributed by atoms with Crippen molar-refractivity contribution in [1.82, 2.24) is 5.32 Å². The fourth-order valence-corrected chi connectivity index (χ4v) is 2.69. The van der Waals surface area contributed by atoms with Gasteiger partial charge >= 0.3 is 0 Å². The van der Waals surface area contributed by atoms with E-state index >= 15 is 0 Å². The number of ether oxygens (including phenoxy) is 1. The summed E-state index contributed by atoms with van der Waals surface area (Å²) in [4.78, 5) is 12.0. The maximum atomic E-state index is 12.0. The van der Waals surface area contributed by atoms with Crippen LogP contribution >= 0.6 is 15.9 Å². The summed E-state index contributed by atoms with van der Waals surface area (Å²) >= 11 is 3.43. The molecule has 1 aromatic heterocycles. The normalized spacial score (nSPS) is 11.8. The third-order valence-electron chi connectivity index (χ3n) is 3.75. The van der Waals surface area contributed by atoms with Gasteiger partial charge in [-0.25, -0.2) is 0 Å². The summed E-state index contributed by atoms with van der Waals surface area (Å²) in [6, 6.07) is 19.2. The molecule has 3 aromatic rings. The average molecular weight is 400 g/mol. The van der Waals surface area contributed by atoms with E-state index in [0.29, 0.717) is 11.5 Å². The number of nitrogens with one attached hydrogen (secondary N) is 1. The Morgan fingerprint density at radius 1 is 1.08 bits per heavy atom. The van der Waals surface area contributed by atoms with Crippen molar-refractivity contribution in [1.29, 1.82) is 0 Å². The van der Waals surface area contributed by atoms with Gasteiger partial charge < -0.3 is 14.5 Å². The summed E-state index contributed by atoms with van der Waals surface area (Å²) in [6.45, 7) is 1.83. The number of furan rings is 1. The number of amides is 1. The molecule has 1 atom stereocenters. The van der Waals surface area contributed by atoms with Crippen LogP contribution in [-0.2, 0) is 4.79 Å². The molecule has 1 unspecified atom stereocenters. The van der Waals surface area contributed by atoms with Gasteiger partial charge in [-0.3, -0.25) is 4.79 Å². The molecule has 1 amide bonds. The molecule has 0 aliphatic heterocycles. The van der Waals surface area contributed by atoms with Crippen molar-refractivity contribution in [2.24, 2.45) is 0 Å². The molecule has 0 saturated carbocycles. The Bertz CT molecular complexity index is 811. The van der Waals surface area contributed by atoms with Crippen LogP contribution in [0.1, 0.15) is 18.7 Å². The second-order valence-corrected chi connectivity index (χ2v) is 6.54. The molecule has 0 spiro atoms. The van der Waals surface area contributed by atoms with E-state index in [1.807, 2.05) is 61.5 Å². The molecule has 3 rings (SSSR count). The standard InChI is InChI=1S/C20H18BrNO3/c1-14(19-3-2-12-24-19)22-20(23)13-25-18-10-6-16(7-11-18)15-4-8-17(21)9-5-15/h2-12,14H,13H2,1H3,(H,22,23). The first kappa shape index (κ1) is 17.3. The number of halogens is 1. The van der Waals surface area contributed by atoms with Gasteiger partial charge in [-0.2, -0.15) is 0 Å². The molecular formula is C20H18BrNO3. The smallest absolute Gasteiger partial charge is 0.258 e. The van der Waals surface area contributed by atoms with E-state index in [1.54, 1.807) is 12.3 Å². The highest BCUT2D eigenvalue weighted by molar-refractivity contribution is 9.10. The lowest BCUT2D eigenvalue weighted by Gasteiger charge is -2.12. The molecule has 25 heavy (non-hydrogen) atoms. The summed E-state index contributed by atoms with van der Waals surface area (Å²) in [5.41, 5.74) is 2.22. The number of carbonyl (C=O) groups is 1. The van der Waals surface area contributed by atoms with E-state index < -0.39 is 0 Å². The molecule has 0 bridgehead atoms. The van der Waals surface area contributed by atoms with E-state index in [-0.39, 0.29) is 18.6 Å². The van der Waals surface area contributed by atoms with Crippen molar-refractivity contribution in [2.45, 2.75) is 13.0 Å². The fraction of sp³-hybridized carbons (Fsp3) is 0.150. The van der Waals surface area contributed by atoms with Gasteiger partial charge in [-0.05, 0) is 54.4 Å². The van der Waals surface area contributed by atoms with Gasteiger partial charge in [-0.1, -0.05) is 40.2 Å². The predicted octanol–water partition coefficient (Wildman–Crippen LogP) is 4.97. The number of hydrogen-bond acceptors (Lipinski definition) is 3. The van der Waals surface area contributed by atoms with E-state index in [1.165, 1.54) is 0 Å². The van der Waals surface area contributed by atoms with Crippen molar-refractivity contribution in [2.75, 3.05) is 6.61 Å². The second-order valence-electron chi connectivity index (χ2n) is 5.62. The molecule has 128 valence electrons. The Morgan fingerprint density at radius 3 is 2.32 bits per heavy atom. The first-order chi connectivity index (χ1) is 12.1. The highest BCUT2D eigenvalue weighted by Crippen LogP contribution is 2.24. The third-order valence-corrected chi connectivity index (χ3v) is 4.28. The first-order valence-corrected chi connectivity index (χ1v) is 8.73. The van der Waals surface area contributed by atoms with Crippen LogP contribution in [0.5, 0.6) is 5.75 Å². The molecule has 0 aliphatic rings. The summed E-state index contributed by atoms with van der Waals surface area (Å²) < 4.78 is 11.9. The minimum absolute atomic E-state index is 0.0390. The lowest BCUT2D eigenvalue weighted by molar-refractivity contribution is -0.123. The summed E-state index contributed by atoms with van der Waals surface area (Å²) in [5.74, 6) is 1.18. The second kappa shape index (κ2) is 8.03. The third kappa shape index (κ3) is 4.73. The molecule has 2 aromatic carbocycles. The number of hydrogen-bond donors (Lipinski definition) is 1. The highest BCUT2D eigenvalue weighted by Gasteiger charge is 2.12. The summed E-state index contributed by atoms with van der Waals surface area (Å²) in [7, 11) is 0. The van der Waals surface area contributed by atoms with Gasteiger partial charge in [-0.15, -0.1) is 0 Å². The molecule has 5 heteroatoms. The molecule has 1 N–H and O–H groups in total. The maximum Gasteiger partial charge on any atom is 0.258 e. The zero-order chi connectivity index (χ0) is 17.6. The van der Waals surface area contributed by atoms with Crippen LogP contribution in [0.15, 0.2) is 75.8 Å². The van der Waals surface area contributed by atoms with Crippen molar-refractivity contribution in [3.8, 4) is 16.9 Å². The SMILES string of the molecule is CC(NC(=O)COc1ccc(-c2ccc(Br)cc2)cc1)c1ccco1. The van der Waals surface area contributed by atoms with Crippen molar-refractivity contribution in [3.63, 3.8) is 0 Å². The Balaban J connectivity index is 1.53. The Labute approximate surface area is 154 Å². The number of rotatable bonds is 6. The van der Waals surface area contributed by atoms with Crippen LogP contribution in [0.2, 0.25) is 0 Å². The van der Waals surface area contributed by atoms with E-state index in [9.17, 15) is 4.79 Å². The van der Waals surface area contributed by atoms with Gasteiger partial charge in [0.15, 0.2) is 6.61 Å². The minimum Gasteiger partial charge on any atom is -0.484 e. The summed E-state index contributed by atoms with van der Waals surface area (Å²) in [6.07, 6.45) is 1.58. The Kier molecular flexibility index (Phi) is 5.56. The fourth-order valence-electron chi connectivity index (χ4n) is 2.43. The quantitative estimate of drug-likeness (QED) is 0.636.